The van der Waals surface area contributed by atoms with Crippen LogP contribution in [0.4, 0.5) is 0 Å². The van der Waals surface area contributed by atoms with E-state index in [1.165, 1.54) is 16.7 Å². The van der Waals surface area contributed by atoms with Gasteiger partial charge >= 0.3 is 0 Å². The van der Waals surface area contributed by atoms with Crippen molar-refractivity contribution in [3.8, 4) is 5.75 Å². The van der Waals surface area contributed by atoms with E-state index in [0.29, 0.717) is 31.0 Å². The summed E-state index contributed by atoms with van der Waals surface area (Å²) in [5.41, 5.74) is 3.81. The molecule has 4 heteroatoms. The lowest BCUT2D eigenvalue weighted by Crippen LogP contribution is -2.23. The van der Waals surface area contributed by atoms with Crippen LogP contribution in [-0.2, 0) is 24.2 Å². The molecule has 0 heterocycles. The summed E-state index contributed by atoms with van der Waals surface area (Å²) in [7, 11) is 0. The highest BCUT2D eigenvalue weighted by Gasteiger charge is 2.06. The van der Waals surface area contributed by atoms with Crippen molar-refractivity contribution in [2.75, 3.05) is 6.61 Å². The molecule has 0 atom stereocenters. The predicted molar refractivity (Wildman–Crippen MR) is 103 cm³/mol. The van der Waals surface area contributed by atoms with Crippen molar-refractivity contribution in [1.29, 1.82) is 0 Å². The zero-order valence-corrected chi connectivity index (χ0v) is 15.7. The second-order valence-corrected chi connectivity index (χ2v) is 6.43. The van der Waals surface area contributed by atoms with Gasteiger partial charge < -0.3 is 10.1 Å². The van der Waals surface area contributed by atoms with Crippen molar-refractivity contribution in [2.24, 2.45) is 0 Å². The summed E-state index contributed by atoms with van der Waals surface area (Å²) >= 11 is 5.83. The van der Waals surface area contributed by atoms with Gasteiger partial charge in [-0.25, -0.2) is 0 Å². The van der Waals surface area contributed by atoms with Gasteiger partial charge in [0.1, 0.15) is 5.75 Å². The number of amides is 1. The number of nitrogens with one attached hydrogen (secondary N) is 1. The molecule has 0 aromatic heterocycles. The van der Waals surface area contributed by atoms with Crippen LogP contribution in [-0.4, -0.2) is 12.5 Å². The van der Waals surface area contributed by atoms with Gasteiger partial charge in [-0.2, -0.15) is 0 Å². The van der Waals surface area contributed by atoms with E-state index >= 15 is 0 Å². The maximum atomic E-state index is 12.0. The topological polar surface area (TPSA) is 38.3 Å². The van der Waals surface area contributed by atoms with E-state index in [2.05, 4.69) is 37.4 Å². The monoisotopic (exact) mass is 359 g/mol. The molecule has 0 radical (unpaired) electrons. The molecule has 0 aliphatic carbocycles. The Morgan fingerprint density at radius 2 is 1.80 bits per heavy atom. The molecule has 3 nitrogen and oxygen atoms in total. The summed E-state index contributed by atoms with van der Waals surface area (Å²) in [4.78, 5) is 12.0. The fourth-order valence-electron chi connectivity index (χ4n) is 2.64. The number of hydrogen-bond acceptors (Lipinski definition) is 2. The van der Waals surface area contributed by atoms with Crippen molar-refractivity contribution in [2.45, 2.75) is 46.1 Å². The van der Waals surface area contributed by atoms with E-state index in [0.717, 1.165) is 18.6 Å². The van der Waals surface area contributed by atoms with E-state index in [1.54, 1.807) is 12.1 Å². The fourth-order valence-corrected chi connectivity index (χ4v) is 2.77. The normalized spacial score (nSPS) is 10.5. The maximum absolute atomic E-state index is 12.0. The average Bonchev–Trinajstić information content (AvgIpc) is 2.64. The highest BCUT2D eigenvalue weighted by Crippen LogP contribution is 2.16. The summed E-state index contributed by atoms with van der Waals surface area (Å²) < 4.78 is 5.60. The molecule has 134 valence electrons. The van der Waals surface area contributed by atoms with Crippen LogP contribution in [0.3, 0.4) is 0 Å². The number of rotatable bonds is 9. The van der Waals surface area contributed by atoms with Crippen LogP contribution in [0.5, 0.6) is 5.75 Å². The van der Waals surface area contributed by atoms with Gasteiger partial charge in [-0.15, -0.1) is 0 Å². The molecular formula is C21H26ClNO2. The van der Waals surface area contributed by atoms with Crippen LogP contribution in [0.15, 0.2) is 42.5 Å². The van der Waals surface area contributed by atoms with Crippen LogP contribution in [0.2, 0.25) is 5.02 Å². The summed E-state index contributed by atoms with van der Waals surface area (Å²) in [6.07, 6.45) is 3.13. The fraction of sp³-hybridized carbons (Fsp3) is 0.381. The second kappa shape index (κ2) is 10.1. The Labute approximate surface area is 155 Å². The van der Waals surface area contributed by atoms with Gasteiger partial charge in [0.25, 0.3) is 0 Å². The SMILES string of the molecule is CCc1ccc(CC)c(CNC(=O)CCCOc2ccc(Cl)cc2)c1. The minimum absolute atomic E-state index is 0.0589. The zero-order valence-electron chi connectivity index (χ0n) is 15.0. The second-order valence-electron chi connectivity index (χ2n) is 5.99. The van der Waals surface area contributed by atoms with Gasteiger partial charge in [0.15, 0.2) is 0 Å². The highest BCUT2D eigenvalue weighted by molar-refractivity contribution is 6.30. The first-order valence-electron chi connectivity index (χ1n) is 8.88. The van der Waals surface area contributed by atoms with E-state index in [9.17, 15) is 4.79 Å². The molecule has 0 saturated carbocycles. The third-order valence-electron chi connectivity index (χ3n) is 4.17. The molecule has 25 heavy (non-hydrogen) atoms. The number of aryl methyl sites for hydroxylation is 2. The van der Waals surface area contributed by atoms with Gasteiger partial charge in [0.2, 0.25) is 5.91 Å². The molecule has 1 amide bonds. The van der Waals surface area contributed by atoms with Crippen LogP contribution < -0.4 is 10.1 Å². The third-order valence-corrected chi connectivity index (χ3v) is 4.42. The molecule has 0 saturated heterocycles. The highest BCUT2D eigenvalue weighted by atomic mass is 35.5. The number of hydrogen-bond donors (Lipinski definition) is 1. The molecule has 2 aromatic carbocycles. The lowest BCUT2D eigenvalue weighted by atomic mass is 10.0. The largest absolute Gasteiger partial charge is 0.494 e. The Morgan fingerprint density at radius 1 is 1.04 bits per heavy atom. The molecule has 0 aliphatic rings. The standard InChI is InChI=1S/C21H26ClNO2/c1-3-16-7-8-17(4-2)18(14-16)15-23-21(24)6-5-13-25-20-11-9-19(22)10-12-20/h7-12,14H,3-6,13,15H2,1-2H3,(H,23,24). The first-order valence-corrected chi connectivity index (χ1v) is 9.26. The van der Waals surface area contributed by atoms with Crippen molar-refractivity contribution >= 4 is 17.5 Å². The third kappa shape index (κ3) is 6.43. The summed E-state index contributed by atoms with van der Waals surface area (Å²) in [5, 5.41) is 3.70. The zero-order chi connectivity index (χ0) is 18.1. The average molecular weight is 360 g/mol. The quantitative estimate of drug-likeness (QED) is 0.644. The Kier molecular flexibility index (Phi) is 7.80. The Morgan fingerprint density at radius 3 is 2.48 bits per heavy atom. The molecule has 0 aliphatic heterocycles. The van der Waals surface area contributed by atoms with Crippen LogP contribution in [0.1, 0.15) is 43.4 Å². The molecule has 2 rings (SSSR count). The van der Waals surface area contributed by atoms with E-state index < -0.39 is 0 Å². The Bertz CT molecular complexity index is 683. The van der Waals surface area contributed by atoms with Crippen molar-refractivity contribution in [1.82, 2.24) is 5.32 Å². The van der Waals surface area contributed by atoms with Crippen molar-refractivity contribution in [3.05, 3.63) is 64.2 Å². The molecule has 0 bridgehead atoms. The van der Waals surface area contributed by atoms with Gasteiger partial charge in [0.05, 0.1) is 6.61 Å². The van der Waals surface area contributed by atoms with Crippen LogP contribution in [0.25, 0.3) is 0 Å². The molecule has 0 spiro atoms. The first kappa shape index (κ1) is 19.3. The van der Waals surface area contributed by atoms with Crippen molar-refractivity contribution < 1.29 is 9.53 Å². The molecule has 0 fully saturated rings. The summed E-state index contributed by atoms with van der Waals surface area (Å²) in [6, 6.07) is 13.8. The van der Waals surface area contributed by atoms with E-state index in [-0.39, 0.29) is 5.91 Å². The molecule has 2 aromatic rings. The van der Waals surface area contributed by atoms with Gasteiger partial charge in [0, 0.05) is 18.0 Å². The number of halogens is 1. The summed E-state index contributed by atoms with van der Waals surface area (Å²) in [6.45, 7) is 5.39. The van der Waals surface area contributed by atoms with Gasteiger partial charge in [-0.05, 0) is 60.2 Å². The number of carbonyl (C=O) groups is 1. The number of ether oxygens (including phenoxy) is 1. The maximum Gasteiger partial charge on any atom is 0.220 e. The lowest BCUT2D eigenvalue weighted by molar-refractivity contribution is -0.121. The Balaban J connectivity index is 1.72. The van der Waals surface area contributed by atoms with E-state index in [1.807, 2.05) is 12.1 Å². The number of benzene rings is 2. The molecule has 1 N–H and O–H groups in total. The Hall–Kier alpha value is -2.00. The molecular weight excluding hydrogens is 334 g/mol. The lowest BCUT2D eigenvalue weighted by Gasteiger charge is -2.11. The number of carbonyl (C=O) groups excluding carboxylic acids is 1. The van der Waals surface area contributed by atoms with Crippen LogP contribution in [0, 0.1) is 0 Å². The molecule has 0 unspecified atom stereocenters. The van der Waals surface area contributed by atoms with Gasteiger partial charge in [-0.3, -0.25) is 4.79 Å². The minimum Gasteiger partial charge on any atom is -0.494 e. The minimum atomic E-state index is 0.0589. The smallest absolute Gasteiger partial charge is 0.220 e. The summed E-state index contributed by atoms with van der Waals surface area (Å²) in [5.74, 6) is 0.831. The van der Waals surface area contributed by atoms with Crippen LogP contribution >= 0.6 is 11.6 Å². The van der Waals surface area contributed by atoms with E-state index in [4.69, 9.17) is 16.3 Å². The first-order chi connectivity index (χ1) is 12.1. The van der Waals surface area contributed by atoms with Gasteiger partial charge in [-0.1, -0.05) is 43.6 Å². The van der Waals surface area contributed by atoms with Crippen molar-refractivity contribution in [3.63, 3.8) is 0 Å². The predicted octanol–water partition coefficient (Wildman–Crippen LogP) is 4.94.